The van der Waals surface area contributed by atoms with Crippen molar-refractivity contribution in [3.8, 4) is 0 Å². The minimum absolute atomic E-state index is 0.660. The molecule has 0 atom stereocenters. The van der Waals surface area contributed by atoms with Crippen LogP contribution in [-0.4, -0.2) is 27.4 Å². The van der Waals surface area contributed by atoms with Gasteiger partial charge >= 0.3 is 11.9 Å². The first-order valence-corrected chi connectivity index (χ1v) is 5.48. The van der Waals surface area contributed by atoms with Crippen LogP contribution in [0.25, 0.3) is 0 Å². The number of rotatable bonds is 4. The van der Waals surface area contributed by atoms with E-state index < -0.39 is 17.2 Å². The number of hydrogen-bond acceptors (Lipinski definition) is 3. The minimum atomic E-state index is -1.46. The number of carboxylic acids is 2. The lowest BCUT2D eigenvalue weighted by molar-refractivity contribution is -0.146. The Labute approximate surface area is 97.3 Å². The van der Waals surface area contributed by atoms with E-state index in [0.717, 1.165) is 22.9 Å². The van der Waals surface area contributed by atoms with E-state index in [1.807, 2.05) is 19.9 Å². The van der Waals surface area contributed by atoms with Crippen LogP contribution in [0.15, 0.2) is 23.1 Å². The van der Waals surface area contributed by atoms with Gasteiger partial charge in [0, 0.05) is 4.90 Å². The second-order valence-electron chi connectivity index (χ2n) is 3.50. The van der Waals surface area contributed by atoms with Gasteiger partial charge in [0.15, 0.2) is 0 Å². The maximum Gasteiger partial charge on any atom is 0.328 e. The summed E-state index contributed by atoms with van der Waals surface area (Å²) < 4.78 is 0. The van der Waals surface area contributed by atoms with Gasteiger partial charge in [0.25, 0.3) is 0 Å². The van der Waals surface area contributed by atoms with Crippen molar-refractivity contribution < 1.29 is 19.8 Å². The third-order valence-electron chi connectivity index (χ3n) is 1.90. The second-order valence-corrected chi connectivity index (χ2v) is 4.68. The Morgan fingerprint density at radius 2 is 1.50 bits per heavy atom. The lowest BCUT2D eigenvalue weighted by Crippen LogP contribution is -2.26. The molecule has 2 N–H and O–H groups in total. The van der Waals surface area contributed by atoms with Crippen LogP contribution in [0.1, 0.15) is 11.1 Å². The molecule has 1 aromatic rings. The molecule has 0 radical (unpaired) electrons. The molecule has 86 valence electrons. The Bertz CT molecular complexity index is 394. The Morgan fingerprint density at radius 1 is 1.06 bits per heavy atom. The van der Waals surface area contributed by atoms with Crippen LogP contribution >= 0.6 is 11.8 Å². The van der Waals surface area contributed by atoms with Crippen molar-refractivity contribution in [3.63, 3.8) is 0 Å². The molecule has 0 saturated heterocycles. The minimum Gasteiger partial charge on any atom is -0.480 e. The molecule has 4 nitrogen and oxygen atoms in total. The van der Waals surface area contributed by atoms with Gasteiger partial charge in [0.1, 0.15) is 0 Å². The van der Waals surface area contributed by atoms with E-state index in [4.69, 9.17) is 10.2 Å². The topological polar surface area (TPSA) is 74.6 Å². The molecule has 0 aromatic heterocycles. The van der Waals surface area contributed by atoms with E-state index in [1.165, 1.54) is 0 Å². The van der Waals surface area contributed by atoms with E-state index in [0.29, 0.717) is 4.90 Å². The summed E-state index contributed by atoms with van der Waals surface area (Å²) in [5.74, 6) is -2.67. The summed E-state index contributed by atoms with van der Waals surface area (Å²) in [6.07, 6.45) is 0. The van der Waals surface area contributed by atoms with Gasteiger partial charge in [-0.3, -0.25) is 9.59 Å². The first kappa shape index (κ1) is 12.6. The van der Waals surface area contributed by atoms with Gasteiger partial charge in [-0.25, -0.2) is 0 Å². The van der Waals surface area contributed by atoms with Crippen molar-refractivity contribution in [1.82, 2.24) is 0 Å². The van der Waals surface area contributed by atoms with Gasteiger partial charge in [0.2, 0.25) is 5.25 Å². The van der Waals surface area contributed by atoms with Gasteiger partial charge in [-0.2, -0.15) is 0 Å². The summed E-state index contributed by atoms with van der Waals surface area (Å²) in [6, 6.07) is 5.49. The largest absolute Gasteiger partial charge is 0.480 e. The molecule has 16 heavy (non-hydrogen) atoms. The van der Waals surface area contributed by atoms with Crippen LogP contribution < -0.4 is 0 Å². The fourth-order valence-electron chi connectivity index (χ4n) is 1.34. The van der Waals surface area contributed by atoms with Crippen molar-refractivity contribution in [2.24, 2.45) is 0 Å². The third kappa shape index (κ3) is 3.27. The van der Waals surface area contributed by atoms with Crippen LogP contribution in [0.4, 0.5) is 0 Å². The SMILES string of the molecule is Cc1cc(C)cc(SC(C(=O)O)C(=O)O)c1. The van der Waals surface area contributed by atoms with Crippen LogP contribution in [0.2, 0.25) is 0 Å². The van der Waals surface area contributed by atoms with Crippen LogP contribution in [0, 0.1) is 13.8 Å². The summed E-state index contributed by atoms with van der Waals surface area (Å²) >= 11 is 0.834. The Hall–Kier alpha value is -1.49. The van der Waals surface area contributed by atoms with Crippen LogP contribution in [0.5, 0.6) is 0 Å². The number of benzene rings is 1. The highest BCUT2D eigenvalue weighted by atomic mass is 32.2. The molecule has 0 saturated carbocycles. The maximum absolute atomic E-state index is 10.7. The van der Waals surface area contributed by atoms with Crippen molar-refractivity contribution in [2.45, 2.75) is 24.0 Å². The van der Waals surface area contributed by atoms with E-state index in [-0.39, 0.29) is 0 Å². The molecule has 0 aliphatic carbocycles. The number of hydrogen-bond donors (Lipinski definition) is 2. The van der Waals surface area contributed by atoms with E-state index in [9.17, 15) is 9.59 Å². The van der Waals surface area contributed by atoms with Crippen LogP contribution in [0.3, 0.4) is 0 Å². The molecule has 0 aliphatic heterocycles. The average Bonchev–Trinajstić information content (AvgIpc) is 2.11. The van der Waals surface area contributed by atoms with E-state index in [2.05, 4.69) is 0 Å². The fraction of sp³-hybridized carbons (Fsp3) is 0.273. The molecular formula is C11H12O4S. The number of aliphatic carboxylic acids is 2. The molecular weight excluding hydrogens is 228 g/mol. The smallest absolute Gasteiger partial charge is 0.328 e. The van der Waals surface area contributed by atoms with Gasteiger partial charge in [-0.05, 0) is 37.1 Å². The molecule has 0 spiro atoms. The molecule has 0 bridgehead atoms. The number of thioether (sulfide) groups is 1. The highest BCUT2D eigenvalue weighted by Crippen LogP contribution is 2.25. The zero-order valence-electron chi connectivity index (χ0n) is 8.93. The first-order chi connectivity index (χ1) is 7.40. The van der Waals surface area contributed by atoms with Gasteiger partial charge in [-0.1, -0.05) is 17.8 Å². The summed E-state index contributed by atoms with van der Waals surface area (Å²) in [7, 11) is 0. The number of carbonyl (C=O) groups is 2. The highest BCUT2D eigenvalue weighted by molar-refractivity contribution is 8.01. The van der Waals surface area contributed by atoms with Crippen molar-refractivity contribution in [3.05, 3.63) is 29.3 Å². The molecule has 0 amide bonds. The zero-order valence-corrected chi connectivity index (χ0v) is 9.75. The normalized spacial score (nSPS) is 10.4. The summed E-state index contributed by atoms with van der Waals surface area (Å²) in [4.78, 5) is 22.1. The summed E-state index contributed by atoms with van der Waals surface area (Å²) in [5.41, 5.74) is 1.97. The summed E-state index contributed by atoms with van der Waals surface area (Å²) in [6.45, 7) is 3.77. The molecule has 0 unspecified atom stereocenters. The van der Waals surface area contributed by atoms with Crippen LogP contribution in [-0.2, 0) is 9.59 Å². The molecule has 1 aromatic carbocycles. The zero-order chi connectivity index (χ0) is 12.3. The molecule has 1 rings (SSSR count). The highest BCUT2D eigenvalue weighted by Gasteiger charge is 2.26. The quantitative estimate of drug-likeness (QED) is 0.621. The van der Waals surface area contributed by atoms with Crippen molar-refractivity contribution >= 4 is 23.7 Å². The second kappa shape index (κ2) is 5.03. The van der Waals surface area contributed by atoms with E-state index in [1.54, 1.807) is 12.1 Å². The predicted molar refractivity (Wildman–Crippen MR) is 60.8 cm³/mol. The molecule has 0 heterocycles. The van der Waals surface area contributed by atoms with Gasteiger partial charge in [0.05, 0.1) is 0 Å². The lowest BCUT2D eigenvalue weighted by atomic mass is 10.2. The van der Waals surface area contributed by atoms with Crippen molar-refractivity contribution in [1.29, 1.82) is 0 Å². The first-order valence-electron chi connectivity index (χ1n) is 4.60. The monoisotopic (exact) mass is 240 g/mol. The standard InChI is InChI=1S/C11H12O4S/c1-6-3-7(2)5-8(4-6)16-9(10(12)13)11(14)15/h3-5,9H,1-2H3,(H,12,13)(H,14,15). The summed E-state index contributed by atoms with van der Waals surface area (Å²) in [5, 5.41) is 16.0. The predicted octanol–water partition coefficient (Wildman–Crippen LogP) is 1.93. The molecule has 0 aliphatic rings. The Morgan fingerprint density at radius 3 is 1.88 bits per heavy atom. The van der Waals surface area contributed by atoms with Gasteiger partial charge in [-0.15, -0.1) is 0 Å². The Kier molecular flexibility index (Phi) is 3.95. The third-order valence-corrected chi connectivity index (χ3v) is 3.04. The lowest BCUT2D eigenvalue weighted by Gasteiger charge is -2.08. The maximum atomic E-state index is 10.7. The molecule has 5 heteroatoms. The average molecular weight is 240 g/mol. The number of aryl methyl sites for hydroxylation is 2. The van der Waals surface area contributed by atoms with Crippen molar-refractivity contribution in [2.75, 3.05) is 0 Å². The Balaban J connectivity index is 2.93. The number of carboxylic acid groups (broad SMARTS) is 2. The van der Waals surface area contributed by atoms with E-state index >= 15 is 0 Å². The van der Waals surface area contributed by atoms with Gasteiger partial charge < -0.3 is 10.2 Å². The fourth-order valence-corrected chi connectivity index (χ4v) is 2.33. The molecule has 0 fully saturated rings.